The molecule has 7 heteroatoms. The third kappa shape index (κ3) is 3.21. The van der Waals surface area contributed by atoms with Crippen molar-refractivity contribution < 1.29 is 14.5 Å². The zero-order chi connectivity index (χ0) is 17.1. The van der Waals surface area contributed by atoms with Crippen LogP contribution in [0.2, 0.25) is 0 Å². The molecule has 0 aliphatic rings. The number of nitro groups is 1. The van der Waals surface area contributed by atoms with Gasteiger partial charge in [-0.05, 0) is 36.6 Å². The maximum Gasteiger partial charge on any atom is 0.360 e. The molecule has 0 fully saturated rings. The van der Waals surface area contributed by atoms with Crippen LogP contribution < -0.4 is 4.74 Å². The highest BCUT2D eigenvalue weighted by molar-refractivity contribution is 7.09. The van der Waals surface area contributed by atoms with Crippen molar-refractivity contribution in [1.82, 2.24) is 4.57 Å². The largest absolute Gasteiger partial charge is 0.414 e. The maximum absolute atomic E-state index is 12.4. The topological polar surface area (TPSA) is 74.4 Å². The van der Waals surface area contributed by atoms with Gasteiger partial charge < -0.3 is 9.30 Å². The summed E-state index contributed by atoms with van der Waals surface area (Å²) in [5.41, 5.74) is 0.598. The van der Waals surface area contributed by atoms with E-state index in [2.05, 4.69) is 0 Å². The van der Waals surface area contributed by atoms with Crippen molar-refractivity contribution in [2.75, 3.05) is 0 Å². The van der Waals surface area contributed by atoms with Crippen LogP contribution in [0.5, 0.6) is 5.75 Å². The van der Waals surface area contributed by atoms with E-state index in [0.29, 0.717) is 17.8 Å². The van der Waals surface area contributed by atoms with E-state index in [0.717, 1.165) is 4.88 Å². The molecule has 0 bridgehead atoms. The van der Waals surface area contributed by atoms with E-state index < -0.39 is 10.9 Å². The third-order valence-electron chi connectivity index (χ3n) is 3.53. The summed E-state index contributed by atoms with van der Waals surface area (Å²) < 4.78 is 7.05. The molecule has 0 radical (unpaired) electrons. The second-order valence-corrected chi connectivity index (χ2v) is 6.20. The van der Waals surface area contributed by atoms with Crippen molar-refractivity contribution in [2.45, 2.75) is 13.5 Å². The molecule has 0 aliphatic carbocycles. The van der Waals surface area contributed by atoms with E-state index in [1.807, 2.05) is 17.5 Å². The summed E-state index contributed by atoms with van der Waals surface area (Å²) in [6, 6.07) is 12.0. The second-order valence-electron chi connectivity index (χ2n) is 5.17. The van der Waals surface area contributed by atoms with Gasteiger partial charge in [0.25, 0.3) is 0 Å². The first kappa shape index (κ1) is 15.9. The van der Waals surface area contributed by atoms with Crippen molar-refractivity contribution in [2.24, 2.45) is 0 Å². The van der Waals surface area contributed by atoms with Crippen molar-refractivity contribution in [3.8, 4) is 5.75 Å². The molecule has 0 unspecified atom stereocenters. The van der Waals surface area contributed by atoms with Gasteiger partial charge in [-0.2, -0.15) is 0 Å². The number of para-hydroxylation sites is 1. The zero-order valence-corrected chi connectivity index (χ0v) is 13.7. The van der Waals surface area contributed by atoms with Gasteiger partial charge >= 0.3 is 11.7 Å². The average molecular weight is 342 g/mol. The minimum Gasteiger partial charge on any atom is -0.414 e. The third-order valence-corrected chi connectivity index (χ3v) is 4.39. The Morgan fingerprint density at radius 1 is 1.25 bits per heavy atom. The lowest BCUT2D eigenvalue weighted by Gasteiger charge is -2.09. The maximum atomic E-state index is 12.4. The fraction of sp³-hybridized carbons (Fsp3) is 0.118. The van der Waals surface area contributed by atoms with Crippen LogP contribution >= 0.6 is 11.3 Å². The molecule has 3 aromatic rings. The average Bonchev–Trinajstić information content (AvgIpc) is 3.19. The molecular weight excluding hydrogens is 328 g/mol. The van der Waals surface area contributed by atoms with E-state index in [1.54, 1.807) is 53.3 Å². The molecule has 3 rings (SSSR count). The molecule has 122 valence electrons. The molecule has 0 aliphatic heterocycles. The Hall–Kier alpha value is -2.93. The molecule has 0 atom stereocenters. The normalized spacial score (nSPS) is 10.5. The van der Waals surface area contributed by atoms with Crippen molar-refractivity contribution >= 4 is 23.0 Å². The van der Waals surface area contributed by atoms with E-state index in [4.69, 9.17) is 4.74 Å². The number of carbonyl (C=O) groups excluding carboxylic acids is 1. The first-order valence-corrected chi connectivity index (χ1v) is 8.08. The summed E-state index contributed by atoms with van der Waals surface area (Å²) in [6.07, 6.45) is 1.78. The minimum absolute atomic E-state index is 0.0473. The number of hydrogen-bond acceptors (Lipinski definition) is 5. The number of rotatable bonds is 5. The second kappa shape index (κ2) is 6.67. The van der Waals surface area contributed by atoms with Crippen LogP contribution in [-0.4, -0.2) is 15.5 Å². The summed E-state index contributed by atoms with van der Waals surface area (Å²) in [7, 11) is 0. The minimum atomic E-state index is -0.620. The number of aromatic nitrogens is 1. The van der Waals surface area contributed by atoms with Crippen LogP contribution in [0.1, 0.15) is 20.9 Å². The van der Waals surface area contributed by atoms with Gasteiger partial charge in [0.2, 0.25) is 5.75 Å². The Kier molecular flexibility index (Phi) is 4.43. The van der Waals surface area contributed by atoms with Gasteiger partial charge in [0.1, 0.15) is 5.69 Å². The molecule has 24 heavy (non-hydrogen) atoms. The molecular formula is C17H14N2O4S. The molecule has 0 spiro atoms. The van der Waals surface area contributed by atoms with Gasteiger partial charge in [0.15, 0.2) is 0 Å². The lowest BCUT2D eigenvalue weighted by atomic mass is 10.2. The standard InChI is InChI=1S/C17H14N2O4S/c1-12-5-2-8-15(16(12)19(21)22)23-17(20)14-7-3-9-18(14)11-13-6-4-10-24-13/h2-10H,11H2,1H3. The van der Waals surface area contributed by atoms with E-state index in [-0.39, 0.29) is 11.4 Å². The number of carbonyl (C=O) groups is 1. The fourth-order valence-electron chi connectivity index (χ4n) is 2.41. The molecule has 0 amide bonds. The number of ether oxygens (including phenoxy) is 1. The Morgan fingerprint density at radius 3 is 2.79 bits per heavy atom. The van der Waals surface area contributed by atoms with Crippen LogP contribution in [0.25, 0.3) is 0 Å². The molecule has 0 saturated carbocycles. The molecule has 6 nitrogen and oxygen atoms in total. The predicted molar refractivity (Wildman–Crippen MR) is 90.6 cm³/mol. The van der Waals surface area contributed by atoms with Crippen molar-refractivity contribution in [3.63, 3.8) is 0 Å². The number of thiophene rings is 1. The Bertz CT molecular complexity index is 884. The fourth-order valence-corrected chi connectivity index (χ4v) is 3.11. The van der Waals surface area contributed by atoms with Gasteiger partial charge in [0, 0.05) is 16.6 Å². The number of nitrogens with zero attached hydrogens (tertiary/aromatic N) is 2. The SMILES string of the molecule is Cc1cccc(OC(=O)c2cccn2Cc2cccs2)c1[N+](=O)[O-]. The van der Waals surface area contributed by atoms with Gasteiger partial charge in [-0.25, -0.2) is 4.79 Å². The molecule has 2 heterocycles. The van der Waals surface area contributed by atoms with Crippen LogP contribution in [0.3, 0.4) is 0 Å². The van der Waals surface area contributed by atoms with Crippen LogP contribution in [0, 0.1) is 17.0 Å². The Morgan fingerprint density at radius 2 is 2.08 bits per heavy atom. The zero-order valence-electron chi connectivity index (χ0n) is 12.8. The molecule has 0 saturated heterocycles. The van der Waals surface area contributed by atoms with E-state index in [1.165, 1.54) is 6.07 Å². The van der Waals surface area contributed by atoms with Crippen LogP contribution in [0.15, 0.2) is 54.0 Å². The Labute approximate surface area is 142 Å². The van der Waals surface area contributed by atoms with Gasteiger partial charge in [-0.15, -0.1) is 11.3 Å². The van der Waals surface area contributed by atoms with Crippen LogP contribution in [0.4, 0.5) is 5.69 Å². The van der Waals surface area contributed by atoms with E-state index in [9.17, 15) is 14.9 Å². The predicted octanol–water partition coefficient (Wildman–Crippen LogP) is 4.03. The number of hydrogen-bond donors (Lipinski definition) is 0. The van der Waals surface area contributed by atoms with Gasteiger partial charge in [0.05, 0.1) is 11.5 Å². The highest BCUT2D eigenvalue weighted by Crippen LogP contribution is 2.30. The Balaban J connectivity index is 1.86. The summed E-state index contributed by atoms with van der Waals surface area (Å²) in [5, 5.41) is 13.2. The summed E-state index contributed by atoms with van der Waals surface area (Å²) in [4.78, 5) is 24.2. The van der Waals surface area contributed by atoms with Crippen molar-refractivity contribution in [3.05, 3.63) is 80.3 Å². The number of benzene rings is 1. The number of aryl methyl sites for hydroxylation is 1. The number of nitro benzene ring substituents is 1. The van der Waals surface area contributed by atoms with Crippen molar-refractivity contribution in [1.29, 1.82) is 0 Å². The van der Waals surface area contributed by atoms with Crippen LogP contribution in [-0.2, 0) is 6.54 Å². The highest BCUT2D eigenvalue weighted by Gasteiger charge is 2.22. The summed E-state index contributed by atoms with van der Waals surface area (Å²) >= 11 is 1.59. The summed E-state index contributed by atoms with van der Waals surface area (Å²) in [6.45, 7) is 2.15. The molecule has 2 aromatic heterocycles. The first-order chi connectivity index (χ1) is 11.6. The lowest BCUT2D eigenvalue weighted by molar-refractivity contribution is -0.386. The summed E-state index contributed by atoms with van der Waals surface area (Å²) in [5.74, 6) is -0.667. The lowest BCUT2D eigenvalue weighted by Crippen LogP contribution is -2.15. The smallest absolute Gasteiger partial charge is 0.360 e. The highest BCUT2D eigenvalue weighted by atomic mass is 32.1. The van der Waals surface area contributed by atoms with Gasteiger partial charge in [-0.1, -0.05) is 18.2 Å². The molecule has 0 N–H and O–H groups in total. The quantitative estimate of drug-likeness (QED) is 0.304. The molecule has 1 aromatic carbocycles. The van der Waals surface area contributed by atoms with E-state index >= 15 is 0 Å². The van der Waals surface area contributed by atoms with Gasteiger partial charge in [-0.3, -0.25) is 10.1 Å². The number of esters is 1. The first-order valence-electron chi connectivity index (χ1n) is 7.20. The monoisotopic (exact) mass is 342 g/mol.